The van der Waals surface area contributed by atoms with Crippen LogP contribution in [0, 0.1) is 17.8 Å². The molecule has 20 heavy (non-hydrogen) atoms. The summed E-state index contributed by atoms with van der Waals surface area (Å²) in [5, 5.41) is 1.19. The molecule has 0 saturated heterocycles. The van der Waals surface area contributed by atoms with E-state index >= 15 is 0 Å². The summed E-state index contributed by atoms with van der Waals surface area (Å²) in [6.07, 6.45) is 8.76. The summed E-state index contributed by atoms with van der Waals surface area (Å²) in [6, 6.07) is 8.43. The highest BCUT2D eigenvalue weighted by molar-refractivity contribution is 5.81. The minimum absolute atomic E-state index is 0.211. The molecule has 1 aromatic carbocycles. The van der Waals surface area contributed by atoms with Crippen LogP contribution >= 0.6 is 0 Å². The first-order chi connectivity index (χ1) is 9.85. The van der Waals surface area contributed by atoms with Gasteiger partial charge in [0.2, 0.25) is 0 Å². The molecule has 4 rings (SSSR count). The summed E-state index contributed by atoms with van der Waals surface area (Å²) in [5.41, 5.74) is 5.19. The van der Waals surface area contributed by atoms with Gasteiger partial charge in [-0.3, -0.25) is 11.3 Å². The van der Waals surface area contributed by atoms with E-state index in [4.69, 9.17) is 10.3 Å². The van der Waals surface area contributed by atoms with Crippen molar-refractivity contribution in [1.82, 2.24) is 5.43 Å². The minimum Gasteiger partial charge on any atom is -0.464 e. The molecule has 1 aromatic heterocycles. The van der Waals surface area contributed by atoms with E-state index in [1.807, 2.05) is 18.4 Å². The Bertz CT molecular complexity index is 606. The number of hydrazine groups is 1. The normalized spacial score (nSPS) is 30.1. The maximum atomic E-state index is 5.84. The van der Waals surface area contributed by atoms with Crippen LogP contribution in [0.1, 0.15) is 43.7 Å². The van der Waals surface area contributed by atoms with E-state index in [0.29, 0.717) is 0 Å². The zero-order valence-electron chi connectivity index (χ0n) is 11.7. The van der Waals surface area contributed by atoms with Crippen molar-refractivity contribution in [2.24, 2.45) is 23.6 Å². The average molecular weight is 270 g/mol. The van der Waals surface area contributed by atoms with Gasteiger partial charge in [0.25, 0.3) is 0 Å². The average Bonchev–Trinajstić information content (AvgIpc) is 3.19. The van der Waals surface area contributed by atoms with E-state index in [-0.39, 0.29) is 6.04 Å². The summed E-state index contributed by atoms with van der Waals surface area (Å²) in [7, 11) is 0. The van der Waals surface area contributed by atoms with Crippen LogP contribution in [0.5, 0.6) is 0 Å². The van der Waals surface area contributed by atoms with Crippen LogP contribution in [0.15, 0.2) is 34.9 Å². The Morgan fingerprint density at radius 2 is 2.15 bits per heavy atom. The first-order valence-corrected chi connectivity index (χ1v) is 7.77. The number of nitrogens with two attached hydrogens (primary N) is 1. The maximum absolute atomic E-state index is 5.84. The first kappa shape index (κ1) is 12.4. The number of fused-ring (bicyclic) bond motifs is 3. The van der Waals surface area contributed by atoms with Gasteiger partial charge in [-0.05, 0) is 49.5 Å². The third-order valence-corrected chi connectivity index (χ3v) is 5.51. The van der Waals surface area contributed by atoms with Crippen LogP contribution in [-0.4, -0.2) is 0 Å². The highest BCUT2D eigenvalue weighted by atomic mass is 16.3. The van der Waals surface area contributed by atoms with Gasteiger partial charge in [-0.15, -0.1) is 0 Å². The second-order valence-corrected chi connectivity index (χ2v) is 6.58. The van der Waals surface area contributed by atoms with E-state index in [1.54, 1.807) is 0 Å². The van der Waals surface area contributed by atoms with E-state index in [2.05, 4.69) is 17.6 Å². The van der Waals surface area contributed by atoms with Gasteiger partial charge in [0.1, 0.15) is 5.58 Å². The molecule has 0 aliphatic heterocycles. The minimum atomic E-state index is 0.211. The number of furan rings is 1. The van der Waals surface area contributed by atoms with Gasteiger partial charge in [-0.25, -0.2) is 0 Å². The number of nitrogens with one attached hydrogen (secondary N) is 1. The summed E-state index contributed by atoms with van der Waals surface area (Å²) >= 11 is 0. The predicted molar refractivity (Wildman–Crippen MR) is 79.8 cm³/mol. The van der Waals surface area contributed by atoms with Crippen LogP contribution in [-0.2, 0) is 0 Å². The van der Waals surface area contributed by atoms with Crippen molar-refractivity contribution in [3.63, 3.8) is 0 Å². The molecule has 0 spiro atoms. The molecule has 2 aliphatic carbocycles. The monoisotopic (exact) mass is 270 g/mol. The Kier molecular flexibility index (Phi) is 3.04. The van der Waals surface area contributed by atoms with Crippen LogP contribution < -0.4 is 11.3 Å². The van der Waals surface area contributed by atoms with Crippen LogP contribution in [0.4, 0.5) is 0 Å². The number of benzene rings is 1. The van der Waals surface area contributed by atoms with Gasteiger partial charge in [0.15, 0.2) is 0 Å². The highest BCUT2D eigenvalue weighted by Gasteiger charge is 2.40. The van der Waals surface area contributed by atoms with Crippen molar-refractivity contribution in [3.05, 3.63) is 36.1 Å². The summed E-state index contributed by atoms with van der Waals surface area (Å²) in [5.74, 6) is 8.61. The summed E-state index contributed by atoms with van der Waals surface area (Å²) in [6.45, 7) is 0. The molecule has 3 nitrogen and oxygen atoms in total. The molecule has 0 radical (unpaired) electrons. The van der Waals surface area contributed by atoms with E-state index in [1.165, 1.54) is 36.6 Å². The Morgan fingerprint density at radius 3 is 2.90 bits per heavy atom. The smallest absolute Gasteiger partial charge is 0.134 e. The van der Waals surface area contributed by atoms with Crippen molar-refractivity contribution in [1.29, 1.82) is 0 Å². The lowest BCUT2D eigenvalue weighted by atomic mass is 9.83. The number of rotatable bonds is 4. The Balaban J connectivity index is 1.58. The topological polar surface area (TPSA) is 51.2 Å². The zero-order valence-corrected chi connectivity index (χ0v) is 11.7. The zero-order chi connectivity index (χ0) is 13.5. The fourth-order valence-electron chi connectivity index (χ4n) is 4.52. The second-order valence-electron chi connectivity index (χ2n) is 6.58. The van der Waals surface area contributed by atoms with Gasteiger partial charge in [-0.2, -0.15) is 0 Å². The number of hydrogen-bond acceptors (Lipinski definition) is 3. The molecular weight excluding hydrogens is 248 g/mol. The standard InChI is InChI=1S/C17H22N2O/c18-19-16(9-13-8-11-5-6-12(13)7-11)15-10-20-17-4-2-1-3-14(15)17/h1-4,10-13,16,19H,5-9,18H2. The fourth-order valence-corrected chi connectivity index (χ4v) is 4.52. The van der Waals surface area contributed by atoms with Crippen molar-refractivity contribution < 1.29 is 4.42 Å². The maximum Gasteiger partial charge on any atom is 0.134 e. The largest absolute Gasteiger partial charge is 0.464 e. The summed E-state index contributed by atoms with van der Waals surface area (Å²) in [4.78, 5) is 0. The SMILES string of the molecule is NNC(CC1CC2CCC1C2)c1coc2ccccc12. The molecule has 2 aromatic rings. The molecule has 3 heteroatoms. The molecule has 2 fully saturated rings. The molecule has 106 valence electrons. The Hall–Kier alpha value is -1.32. The van der Waals surface area contributed by atoms with Gasteiger partial charge >= 0.3 is 0 Å². The van der Waals surface area contributed by atoms with Crippen molar-refractivity contribution in [3.8, 4) is 0 Å². The molecule has 4 atom stereocenters. The Labute approximate surface area is 119 Å². The number of hydrogen-bond donors (Lipinski definition) is 2. The Morgan fingerprint density at radius 1 is 1.25 bits per heavy atom. The molecule has 4 unspecified atom stereocenters. The molecular formula is C17H22N2O. The lowest BCUT2D eigenvalue weighted by molar-refractivity contribution is 0.280. The lowest BCUT2D eigenvalue weighted by Gasteiger charge is -2.26. The van der Waals surface area contributed by atoms with Gasteiger partial charge in [-0.1, -0.05) is 24.6 Å². The first-order valence-electron chi connectivity index (χ1n) is 7.77. The van der Waals surface area contributed by atoms with E-state index in [9.17, 15) is 0 Å². The molecule has 2 saturated carbocycles. The highest BCUT2D eigenvalue weighted by Crippen LogP contribution is 2.51. The van der Waals surface area contributed by atoms with Crippen molar-refractivity contribution >= 4 is 11.0 Å². The molecule has 3 N–H and O–H groups in total. The third kappa shape index (κ3) is 1.97. The fraction of sp³-hybridized carbons (Fsp3) is 0.529. The third-order valence-electron chi connectivity index (χ3n) is 5.51. The lowest BCUT2D eigenvalue weighted by Crippen LogP contribution is -2.30. The van der Waals surface area contributed by atoms with Gasteiger partial charge in [0, 0.05) is 10.9 Å². The quantitative estimate of drug-likeness (QED) is 0.657. The van der Waals surface area contributed by atoms with Crippen LogP contribution in [0.25, 0.3) is 11.0 Å². The molecule has 2 aliphatic rings. The predicted octanol–water partition coefficient (Wildman–Crippen LogP) is 3.76. The van der Waals surface area contributed by atoms with Gasteiger partial charge in [0.05, 0.1) is 12.3 Å². The van der Waals surface area contributed by atoms with Crippen molar-refractivity contribution in [2.45, 2.75) is 38.1 Å². The summed E-state index contributed by atoms with van der Waals surface area (Å²) < 4.78 is 5.66. The van der Waals surface area contributed by atoms with Gasteiger partial charge < -0.3 is 4.42 Å². The second kappa shape index (κ2) is 4.90. The van der Waals surface area contributed by atoms with Crippen LogP contribution in [0.3, 0.4) is 0 Å². The molecule has 0 amide bonds. The molecule has 2 bridgehead atoms. The van der Waals surface area contributed by atoms with E-state index in [0.717, 1.165) is 29.8 Å². The van der Waals surface area contributed by atoms with Crippen LogP contribution in [0.2, 0.25) is 0 Å². The number of para-hydroxylation sites is 1. The molecule has 1 heterocycles. The van der Waals surface area contributed by atoms with E-state index < -0.39 is 0 Å². The van der Waals surface area contributed by atoms with Crippen molar-refractivity contribution in [2.75, 3.05) is 0 Å².